The Labute approximate surface area is 131 Å². The van der Waals surface area contributed by atoms with Gasteiger partial charge in [0.05, 0.1) is 0 Å². The van der Waals surface area contributed by atoms with Crippen molar-refractivity contribution < 1.29 is 4.39 Å². The lowest BCUT2D eigenvalue weighted by Gasteiger charge is -2.25. The number of rotatable bonds is 6. The summed E-state index contributed by atoms with van der Waals surface area (Å²) in [6.45, 7) is 4.27. The van der Waals surface area contributed by atoms with E-state index in [-0.39, 0.29) is 5.82 Å². The van der Waals surface area contributed by atoms with Gasteiger partial charge in [-0.1, -0.05) is 18.2 Å². The van der Waals surface area contributed by atoms with Crippen LogP contribution in [0.4, 0.5) is 4.39 Å². The van der Waals surface area contributed by atoms with Gasteiger partial charge in [0.1, 0.15) is 11.6 Å². The summed E-state index contributed by atoms with van der Waals surface area (Å²) in [4.78, 5) is 4.36. The quantitative estimate of drug-likeness (QED) is 0.888. The van der Waals surface area contributed by atoms with Crippen LogP contribution in [0.25, 0.3) is 0 Å². The molecule has 1 aliphatic heterocycles. The van der Waals surface area contributed by atoms with Crippen molar-refractivity contribution in [1.29, 1.82) is 0 Å². The highest BCUT2D eigenvalue weighted by molar-refractivity contribution is 5.17. The molecule has 3 rings (SSSR count). The van der Waals surface area contributed by atoms with Crippen molar-refractivity contribution in [3.8, 4) is 0 Å². The molecular weight excluding hydrogens is 277 g/mol. The smallest absolute Gasteiger partial charge is 0.126 e. The Bertz CT molecular complexity index is 608. The molecule has 2 aromatic rings. The molecule has 4 heteroatoms. The standard InChI is InChI=1S/C18H24FN3/c1-14(6-8-16-4-2-3-5-17(16)19)21-12-15-7-9-18-20-10-11-22(18)13-15/h2-5,10-11,14-15,21H,6-9,12-13H2,1H3. The lowest BCUT2D eigenvalue weighted by atomic mass is 9.98. The van der Waals surface area contributed by atoms with Gasteiger partial charge in [0.15, 0.2) is 0 Å². The van der Waals surface area contributed by atoms with E-state index in [1.165, 1.54) is 18.3 Å². The highest BCUT2D eigenvalue weighted by Crippen LogP contribution is 2.18. The molecule has 1 aliphatic rings. The summed E-state index contributed by atoms with van der Waals surface area (Å²) in [5.41, 5.74) is 0.817. The normalized spacial score (nSPS) is 18.9. The maximum Gasteiger partial charge on any atom is 0.126 e. The molecule has 3 nitrogen and oxygen atoms in total. The Morgan fingerprint density at radius 2 is 2.27 bits per heavy atom. The Kier molecular flexibility index (Phi) is 4.88. The molecule has 2 atom stereocenters. The SMILES string of the molecule is CC(CCc1ccccc1F)NCC1CCc2nccn2C1. The first-order chi connectivity index (χ1) is 10.7. The van der Waals surface area contributed by atoms with Crippen LogP contribution in [0.15, 0.2) is 36.7 Å². The molecule has 118 valence electrons. The van der Waals surface area contributed by atoms with E-state index in [9.17, 15) is 4.39 Å². The summed E-state index contributed by atoms with van der Waals surface area (Å²) in [6.07, 6.45) is 7.99. The topological polar surface area (TPSA) is 29.9 Å². The lowest BCUT2D eigenvalue weighted by molar-refractivity contribution is 0.331. The van der Waals surface area contributed by atoms with E-state index < -0.39 is 0 Å². The van der Waals surface area contributed by atoms with Crippen LogP contribution in [0, 0.1) is 11.7 Å². The van der Waals surface area contributed by atoms with Gasteiger partial charge in [-0.3, -0.25) is 0 Å². The number of aromatic nitrogens is 2. The molecule has 0 bridgehead atoms. The minimum absolute atomic E-state index is 0.0883. The van der Waals surface area contributed by atoms with Crippen molar-refractivity contribution in [2.75, 3.05) is 6.54 Å². The first-order valence-corrected chi connectivity index (χ1v) is 8.19. The number of benzene rings is 1. The Hall–Kier alpha value is -1.68. The van der Waals surface area contributed by atoms with Gasteiger partial charge in [0, 0.05) is 31.4 Å². The highest BCUT2D eigenvalue weighted by Gasteiger charge is 2.19. The molecule has 0 amide bonds. The third-order valence-electron chi connectivity index (χ3n) is 4.59. The zero-order valence-corrected chi connectivity index (χ0v) is 13.1. The van der Waals surface area contributed by atoms with Gasteiger partial charge in [-0.15, -0.1) is 0 Å². The van der Waals surface area contributed by atoms with Crippen molar-refractivity contribution in [2.45, 2.75) is 45.2 Å². The van der Waals surface area contributed by atoms with Crippen molar-refractivity contribution in [1.82, 2.24) is 14.9 Å². The van der Waals surface area contributed by atoms with Gasteiger partial charge >= 0.3 is 0 Å². The molecule has 22 heavy (non-hydrogen) atoms. The summed E-state index contributed by atoms with van der Waals surface area (Å²) in [5.74, 6) is 1.79. The average molecular weight is 301 g/mol. The Morgan fingerprint density at radius 1 is 1.41 bits per heavy atom. The van der Waals surface area contributed by atoms with Gasteiger partial charge in [0.2, 0.25) is 0 Å². The lowest BCUT2D eigenvalue weighted by Crippen LogP contribution is -2.35. The van der Waals surface area contributed by atoms with Crippen LogP contribution in [-0.4, -0.2) is 22.1 Å². The van der Waals surface area contributed by atoms with E-state index in [0.717, 1.165) is 37.9 Å². The zero-order valence-electron chi connectivity index (χ0n) is 13.1. The van der Waals surface area contributed by atoms with Crippen molar-refractivity contribution in [3.63, 3.8) is 0 Å². The molecule has 0 spiro atoms. The minimum Gasteiger partial charge on any atom is -0.335 e. The van der Waals surface area contributed by atoms with Crippen LogP contribution < -0.4 is 5.32 Å². The number of fused-ring (bicyclic) bond motifs is 1. The summed E-state index contributed by atoms with van der Waals surface area (Å²) in [5, 5.41) is 3.61. The highest BCUT2D eigenvalue weighted by atomic mass is 19.1. The predicted octanol–water partition coefficient (Wildman–Crippen LogP) is 3.20. The first kappa shape index (κ1) is 15.2. The number of halogens is 1. The van der Waals surface area contributed by atoms with E-state index in [1.54, 1.807) is 6.07 Å². The average Bonchev–Trinajstić information content (AvgIpc) is 2.99. The largest absolute Gasteiger partial charge is 0.335 e. The maximum absolute atomic E-state index is 13.6. The summed E-state index contributed by atoms with van der Waals surface area (Å²) in [6, 6.07) is 7.47. The van der Waals surface area contributed by atoms with Crippen LogP contribution in [0.2, 0.25) is 0 Å². The fourth-order valence-electron chi connectivity index (χ4n) is 3.15. The number of aryl methyl sites for hydroxylation is 2. The van der Waals surface area contributed by atoms with Gasteiger partial charge in [-0.2, -0.15) is 0 Å². The second-order valence-corrected chi connectivity index (χ2v) is 6.34. The van der Waals surface area contributed by atoms with Gasteiger partial charge in [0.25, 0.3) is 0 Å². The molecule has 2 unspecified atom stereocenters. The second-order valence-electron chi connectivity index (χ2n) is 6.34. The molecule has 0 saturated carbocycles. The van der Waals surface area contributed by atoms with Gasteiger partial charge in [-0.05, 0) is 50.3 Å². The summed E-state index contributed by atoms with van der Waals surface area (Å²) < 4.78 is 15.9. The van der Waals surface area contributed by atoms with Crippen LogP contribution in [0.5, 0.6) is 0 Å². The van der Waals surface area contributed by atoms with E-state index in [1.807, 2.05) is 18.3 Å². The van der Waals surface area contributed by atoms with Crippen LogP contribution in [0.3, 0.4) is 0 Å². The third kappa shape index (κ3) is 3.74. The summed E-state index contributed by atoms with van der Waals surface area (Å²) >= 11 is 0. The van der Waals surface area contributed by atoms with Crippen LogP contribution >= 0.6 is 0 Å². The second kappa shape index (κ2) is 7.05. The molecule has 1 N–H and O–H groups in total. The monoisotopic (exact) mass is 301 g/mol. The Morgan fingerprint density at radius 3 is 3.14 bits per heavy atom. The molecule has 0 fully saturated rings. The van der Waals surface area contributed by atoms with E-state index in [2.05, 4.69) is 28.0 Å². The third-order valence-corrected chi connectivity index (χ3v) is 4.59. The van der Waals surface area contributed by atoms with Crippen LogP contribution in [0.1, 0.15) is 31.2 Å². The number of nitrogens with zero attached hydrogens (tertiary/aromatic N) is 2. The number of imidazole rings is 1. The predicted molar refractivity (Wildman–Crippen MR) is 86.2 cm³/mol. The fraction of sp³-hybridized carbons (Fsp3) is 0.500. The molecule has 1 aromatic carbocycles. The van der Waals surface area contributed by atoms with Crippen molar-refractivity contribution in [2.24, 2.45) is 5.92 Å². The van der Waals surface area contributed by atoms with Crippen molar-refractivity contribution >= 4 is 0 Å². The molecule has 1 aromatic heterocycles. The van der Waals surface area contributed by atoms with E-state index in [0.29, 0.717) is 12.0 Å². The number of hydrogen-bond acceptors (Lipinski definition) is 2. The molecule has 0 radical (unpaired) electrons. The Balaban J connectivity index is 1.41. The van der Waals surface area contributed by atoms with E-state index >= 15 is 0 Å². The maximum atomic E-state index is 13.6. The summed E-state index contributed by atoms with van der Waals surface area (Å²) in [7, 11) is 0. The molecule has 0 aliphatic carbocycles. The van der Waals surface area contributed by atoms with Gasteiger partial charge in [-0.25, -0.2) is 9.37 Å². The van der Waals surface area contributed by atoms with Crippen molar-refractivity contribution in [3.05, 3.63) is 53.9 Å². The van der Waals surface area contributed by atoms with Crippen LogP contribution in [-0.2, 0) is 19.4 Å². The van der Waals surface area contributed by atoms with Gasteiger partial charge < -0.3 is 9.88 Å². The van der Waals surface area contributed by atoms with E-state index in [4.69, 9.17) is 0 Å². The fourth-order valence-corrected chi connectivity index (χ4v) is 3.15. The molecule has 0 saturated heterocycles. The molecular formula is C18H24FN3. The molecule has 2 heterocycles. The minimum atomic E-state index is -0.0883. The first-order valence-electron chi connectivity index (χ1n) is 8.19. The number of hydrogen-bond donors (Lipinski definition) is 1. The zero-order chi connectivity index (χ0) is 15.4. The number of nitrogens with one attached hydrogen (secondary N) is 1.